The molecule has 1 aromatic carbocycles. The van der Waals surface area contributed by atoms with Crippen LogP contribution in [0.3, 0.4) is 0 Å². The summed E-state index contributed by atoms with van der Waals surface area (Å²) in [6.45, 7) is 4.92. The number of anilines is 1. The van der Waals surface area contributed by atoms with Gasteiger partial charge < -0.3 is 16.0 Å². The first-order valence-corrected chi connectivity index (χ1v) is 8.30. The van der Waals surface area contributed by atoms with Crippen LogP contribution in [0.25, 0.3) is 0 Å². The zero-order valence-electron chi connectivity index (χ0n) is 13.1. The zero-order chi connectivity index (χ0) is 16.7. The van der Waals surface area contributed by atoms with Gasteiger partial charge in [0.25, 0.3) is 5.91 Å². The van der Waals surface area contributed by atoms with Crippen molar-refractivity contribution < 1.29 is 9.59 Å². The molecule has 0 unspecified atom stereocenters. The number of carbonyl (C=O) groups is 2. The van der Waals surface area contributed by atoms with Gasteiger partial charge in [0.2, 0.25) is 0 Å². The van der Waals surface area contributed by atoms with E-state index in [1.54, 1.807) is 41.8 Å². The molecule has 0 aliphatic heterocycles. The summed E-state index contributed by atoms with van der Waals surface area (Å²) in [6, 6.07) is 6.53. The predicted molar refractivity (Wildman–Crippen MR) is 92.0 cm³/mol. The minimum atomic E-state index is -0.304. The number of carbonyl (C=O) groups excluding carboxylic acids is 2. The molecule has 2 rings (SSSR count). The SMILES string of the molecule is CCNC(=O)c1cccc(NC(=O)NC[C@H](C)c2nccs2)c1. The third-order valence-corrected chi connectivity index (χ3v) is 4.17. The van der Waals surface area contributed by atoms with Crippen molar-refractivity contribution in [2.45, 2.75) is 19.8 Å². The van der Waals surface area contributed by atoms with E-state index >= 15 is 0 Å². The fraction of sp³-hybridized carbons (Fsp3) is 0.312. The summed E-state index contributed by atoms with van der Waals surface area (Å²) in [5.41, 5.74) is 1.09. The molecule has 0 fully saturated rings. The highest BCUT2D eigenvalue weighted by atomic mass is 32.1. The highest BCUT2D eigenvalue weighted by Gasteiger charge is 2.11. The van der Waals surface area contributed by atoms with Gasteiger partial charge in [0, 0.05) is 41.8 Å². The molecule has 1 atom stereocenters. The quantitative estimate of drug-likeness (QED) is 0.760. The van der Waals surface area contributed by atoms with E-state index in [-0.39, 0.29) is 17.9 Å². The van der Waals surface area contributed by atoms with Crippen molar-refractivity contribution in [3.8, 4) is 0 Å². The van der Waals surface area contributed by atoms with Gasteiger partial charge in [-0.3, -0.25) is 4.79 Å². The van der Waals surface area contributed by atoms with Crippen molar-refractivity contribution in [2.24, 2.45) is 0 Å². The van der Waals surface area contributed by atoms with Gasteiger partial charge in [0.05, 0.1) is 5.01 Å². The number of nitrogens with zero attached hydrogens (tertiary/aromatic N) is 1. The Hall–Kier alpha value is -2.41. The first kappa shape index (κ1) is 17.0. The highest BCUT2D eigenvalue weighted by Crippen LogP contribution is 2.16. The van der Waals surface area contributed by atoms with Crippen molar-refractivity contribution in [1.82, 2.24) is 15.6 Å². The Morgan fingerprint density at radius 2 is 2.13 bits per heavy atom. The van der Waals surface area contributed by atoms with E-state index in [1.807, 2.05) is 19.2 Å². The Morgan fingerprint density at radius 1 is 1.30 bits per heavy atom. The number of rotatable bonds is 6. The standard InChI is InChI=1S/C16H20N4O2S/c1-3-17-14(21)12-5-4-6-13(9-12)20-16(22)19-10-11(2)15-18-7-8-23-15/h4-9,11H,3,10H2,1-2H3,(H,17,21)(H2,19,20,22)/t11-/m0/s1. The molecule has 0 bridgehead atoms. The molecule has 0 saturated heterocycles. The Morgan fingerprint density at radius 3 is 2.83 bits per heavy atom. The van der Waals surface area contributed by atoms with Gasteiger partial charge in [0.15, 0.2) is 0 Å². The Balaban J connectivity index is 1.87. The first-order valence-electron chi connectivity index (χ1n) is 7.42. The molecule has 2 aromatic rings. The molecule has 3 N–H and O–H groups in total. The second-order valence-electron chi connectivity index (χ2n) is 5.05. The van der Waals surface area contributed by atoms with E-state index in [2.05, 4.69) is 20.9 Å². The average Bonchev–Trinajstić information content (AvgIpc) is 3.07. The van der Waals surface area contributed by atoms with Gasteiger partial charge in [-0.05, 0) is 25.1 Å². The van der Waals surface area contributed by atoms with Crippen LogP contribution in [-0.2, 0) is 0 Å². The van der Waals surface area contributed by atoms with Crippen molar-refractivity contribution in [3.05, 3.63) is 46.4 Å². The Bertz CT molecular complexity index is 658. The number of amides is 3. The molecule has 3 amide bonds. The lowest BCUT2D eigenvalue weighted by Crippen LogP contribution is -2.31. The van der Waals surface area contributed by atoms with Crippen LogP contribution >= 0.6 is 11.3 Å². The zero-order valence-corrected chi connectivity index (χ0v) is 13.9. The summed E-state index contributed by atoms with van der Waals surface area (Å²) in [7, 11) is 0. The Labute approximate surface area is 139 Å². The molecule has 6 nitrogen and oxygen atoms in total. The van der Waals surface area contributed by atoms with E-state index < -0.39 is 0 Å². The molecular formula is C16H20N4O2S. The summed E-state index contributed by atoms with van der Waals surface area (Å²) < 4.78 is 0. The molecule has 122 valence electrons. The number of thiazole rings is 1. The maximum absolute atomic E-state index is 12.0. The molecular weight excluding hydrogens is 312 g/mol. The minimum Gasteiger partial charge on any atom is -0.352 e. The minimum absolute atomic E-state index is 0.155. The molecule has 0 saturated carbocycles. The fourth-order valence-electron chi connectivity index (χ4n) is 1.99. The predicted octanol–water partition coefficient (Wildman–Crippen LogP) is 2.82. The van der Waals surface area contributed by atoms with E-state index in [0.29, 0.717) is 24.3 Å². The van der Waals surface area contributed by atoms with Crippen LogP contribution in [-0.4, -0.2) is 30.0 Å². The van der Waals surface area contributed by atoms with Crippen molar-refractivity contribution >= 4 is 29.0 Å². The van der Waals surface area contributed by atoms with Crippen LogP contribution in [0.1, 0.15) is 35.1 Å². The third kappa shape index (κ3) is 5.07. The second-order valence-corrected chi connectivity index (χ2v) is 5.97. The summed E-state index contributed by atoms with van der Waals surface area (Å²) in [4.78, 5) is 28.0. The van der Waals surface area contributed by atoms with E-state index in [1.165, 1.54) is 0 Å². The lowest BCUT2D eigenvalue weighted by Gasteiger charge is -2.12. The molecule has 0 aliphatic carbocycles. The maximum Gasteiger partial charge on any atom is 0.319 e. The number of hydrogen-bond acceptors (Lipinski definition) is 4. The summed E-state index contributed by atoms with van der Waals surface area (Å²) in [6.07, 6.45) is 1.75. The van der Waals surface area contributed by atoms with Crippen LogP contribution in [0, 0.1) is 0 Å². The molecule has 7 heteroatoms. The lowest BCUT2D eigenvalue weighted by molar-refractivity contribution is 0.0956. The monoisotopic (exact) mass is 332 g/mol. The van der Waals surface area contributed by atoms with Crippen LogP contribution in [0.15, 0.2) is 35.8 Å². The van der Waals surface area contributed by atoms with Crippen LogP contribution in [0.5, 0.6) is 0 Å². The van der Waals surface area contributed by atoms with Crippen LogP contribution in [0.2, 0.25) is 0 Å². The maximum atomic E-state index is 12.0. The topological polar surface area (TPSA) is 83.1 Å². The second kappa shape index (κ2) is 8.28. The van der Waals surface area contributed by atoms with Crippen molar-refractivity contribution in [1.29, 1.82) is 0 Å². The smallest absolute Gasteiger partial charge is 0.319 e. The molecule has 0 spiro atoms. The van der Waals surface area contributed by atoms with Gasteiger partial charge >= 0.3 is 6.03 Å². The molecule has 1 aromatic heterocycles. The van der Waals surface area contributed by atoms with Gasteiger partial charge in [-0.2, -0.15) is 0 Å². The van der Waals surface area contributed by atoms with E-state index in [0.717, 1.165) is 5.01 Å². The van der Waals surface area contributed by atoms with Gasteiger partial charge in [-0.1, -0.05) is 13.0 Å². The first-order chi connectivity index (χ1) is 11.1. The number of nitrogens with one attached hydrogen (secondary N) is 3. The fourth-order valence-corrected chi connectivity index (χ4v) is 2.69. The van der Waals surface area contributed by atoms with Crippen LogP contribution in [0.4, 0.5) is 10.5 Å². The molecule has 23 heavy (non-hydrogen) atoms. The molecule has 0 aliphatic rings. The van der Waals surface area contributed by atoms with Crippen LogP contribution < -0.4 is 16.0 Å². The highest BCUT2D eigenvalue weighted by molar-refractivity contribution is 7.09. The number of aromatic nitrogens is 1. The van der Waals surface area contributed by atoms with Gasteiger partial charge in [-0.15, -0.1) is 11.3 Å². The largest absolute Gasteiger partial charge is 0.352 e. The summed E-state index contributed by atoms with van der Waals surface area (Å²) in [5, 5.41) is 11.2. The van der Waals surface area contributed by atoms with E-state index in [4.69, 9.17) is 0 Å². The van der Waals surface area contributed by atoms with Gasteiger partial charge in [0.1, 0.15) is 0 Å². The number of hydrogen-bond donors (Lipinski definition) is 3. The normalized spacial score (nSPS) is 11.6. The Kier molecular flexibility index (Phi) is 6.10. The third-order valence-electron chi connectivity index (χ3n) is 3.16. The van der Waals surface area contributed by atoms with Crippen molar-refractivity contribution in [2.75, 3.05) is 18.4 Å². The number of benzene rings is 1. The number of urea groups is 1. The van der Waals surface area contributed by atoms with E-state index in [9.17, 15) is 9.59 Å². The summed E-state index contributed by atoms with van der Waals surface area (Å²) in [5.74, 6) is -0.00336. The average molecular weight is 332 g/mol. The molecule has 0 radical (unpaired) electrons. The summed E-state index contributed by atoms with van der Waals surface area (Å²) >= 11 is 1.57. The molecule has 1 heterocycles. The van der Waals surface area contributed by atoms with Gasteiger partial charge in [-0.25, -0.2) is 9.78 Å². The van der Waals surface area contributed by atoms with Crippen molar-refractivity contribution in [3.63, 3.8) is 0 Å². The lowest BCUT2D eigenvalue weighted by atomic mass is 10.2.